The van der Waals surface area contributed by atoms with Crippen LogP contribution in [0.2, 0.25) is 0 Å². The van der Waals surface area contributed by atoms with Crippen LogP contribution in [0.4, 0.5) is 0 Å². The van der Waals surface area contributed by atoms with Crippen molar-refractivity contribution >= 4 is 17.6 Å². The highest BCUT2D eigenvalue weighted by Gasteiger charge is 2.21. The molecule has 1 heterocycles. The molecule has 36 heavy (non-hydrogen) atoms. The number of halogens is 1. The molecule has 0 spiro atoms. The van der Waals surface area contributed by atoms with Crippen molar-refractivity contribution in [1.29, 1.82) is 0 Å². The van der Waals surface area contributed by atoms with Gasteiger partial charge in [0.25, 0.3) is 0 Å². The number of aromatic nitrogens is 2. The maximum atomic E-state index is 12.0. The van der Waals surface area contributed by atoms with Crippen molar-refractivity contribution in [3.63, 3.8) is 0 Å². The number of nitrogens with zero attached hydrogens (tertiary/aromatic N) is 2. The highest BCUT2D eigenvalue weighted by Crippen LogP contribution is 2.24. The fraction of sp³-hybridized carbons (Fsp3) is 0.452. The summed E-state index contributed by atoms with van der Waals surface area (Å²) < 4.78 is 5.36. The van der Waals surface area contributed by atoms with Crippen LogP contribution in [0.5, 0.6) is 5.75 Å². The summed E-state index contributed by atoms with van der Waals surface area (Å²) in [4.78, 5) is 21.1. The molecule has 5 heteroatoms. The number of unbranched alkanes of at least 4 members (excludes halogenated alkanes) is 7. The van der Waals surface area contributed by atoms with Crippen LogP contribution in [-0.4, -0.2) is 21.3 Å². The Bertz CT molecular complexity index is 1050. The van der Waals surface area contributed by atoms with Crippen LogP contribution in [0.1, 0.15) is 77.7 Å². The van der Waals surface area contributed by atoms with Gasteiger partial charge in [-0.2, -0.15) is 0 Å². The molecule has 0 bridgehead atoms. The SMILES string of the molecule is CCCCCCCCCCc1ccc(-c2cnc(-c3ccc(OC(=O)[C@@H](Cl)C(C)C)cc3)nc2)cc1. The smallest absolute Gasteiger partial charge is 0.329 e. The standard InChI is InChI=1S/C31H39ClN2O2/c1-4-5-6-7-8-9-10-11-12-24-13-15-25(16-14-24)27-21-33-30(34-22-27)26-17-19-28(20-18-26)36-31(35)29(32)23(2)3/h13-23,29H,4-12H2,1-3H3/t29-/m0/s1. The van der Waals surface area contributed by atoms with Crippen molar-refractivity contribution in [3.8, 4) is 28.3 Å². The van der Waals surface area contributed by atoms with E-state index < -0.39 is 11.3 Å². The average molecular weight is 507 g/mol. The van der Waals surface area contributed by atoms with Crippen LogP contribution < -0.4 is 4.74 Å². The molecule has 0 aliphatic rings. The molecule has 1 atom stereocenters. The lowest BCUT2D eigenvalue weighted by Crippen LogP contribution is -2.25. The molecule has 0 fully saturated rings. The molecule has 0 radical (unpaired) electrons. The van der Waals surface area contributed by atoms with Crippen molar-refractivity contribution in [1.82, 2.24) is 9.97 Å². The predicted molar refractivity (Wildman–Crippen MR) is 149 cm³/mol. The molecule has 0 saturated carbocycles. The Morgan fingerprint density at radius 2 is 1.33 bits per heavy atom. The summed E-state index contributed by atoms with van der Waals surface area (Å²) >= 11 is 6.07. The fourth-order valence-electron chi connectivity index (χ4n) is 4.07. The molecule has 0 aliphatic carbocycles. The molecule has 3 rings (SSSR count). The highest BCUT2D eigenvalue weighted by atomic mass is 35.5. The molecule has 0 saturated heterocycles. The zero-order valence-corrected chi connectivity index (χ0v) is 22.6. The molecular formula is C31H39ClN2O2. The Balaban J connectivity index is 1.48. The maximum absolute atomic E-state index is 12.0. The number of esters is 1. The normalized spacial score (nSPS) is 12.0. The molecule has 0 aliphatic heterocycles. The Labute approximate surface area is 221 Å². The van der Waals surface area contributed by atoms with Gasteiger partial charge in [-0.25, -0.2) is 9.97 Å². The second-order valence-corrected chi connectivity index (χ2v) is 10.3. The van der Waals surface area contributed by atoms with Gasteiger partial charge < -0.3 is 4.74 Å². The topological polar surface area (TPSA) is 52.1 Å². The first kappa shape index (κ1) is 27.9. The Morgan fingerprint density at radius 1 is 0.778 bits per heavy atom. The van der Waals surface area contributed by atoms with E-state index in [1.54, 1.807) is 12.1 Å². The number of carbonyl (C=O) groups is 1. The van der Waals surface area contributed by atoms with Crippen LogP contribution in [-0.2, 0) is 11.2 Å². The van der Waals surface area contributed by atoms with Crippen LogP contribution in [0.15, 0.2) is 60.9 Å². The monoisotopic (exact) mass is 506 g/mol. The number of aryl methyl sites for hydroxylation is 1. The minimum Gasteiger partial charge on any atom is -0.425 e. The molecule has 4 nitrogen and oxygen atoms in total. The number of hydrogen-bond acceptors (Lipinski definition) is 4. The highest BCUT2D eigenvalue weighted by molar-refractivity contribution is 6.30. The number of hydrogen-bond donors (Lipinski definition) is 0. The van der Waals surface area contributed by atoms with Gasteiger partial charge in [0.1, 0.15) is 11.1 Å². The van der Waals surface area contributed by atoms with Crippen molar-refractivity contribution in [2.75, 3.05) is 0 Å². The number of benzene rings is 2. The van der Waals surface area contributed by atoms with Gasteiger partial charge in [-0.15, -0.1) is 11.6 Å². The lowest BCUT2D eigenvalue weighted by molar-refractivity contribution is -0.134. The van der Waals surface area contributed by atoms with Gasteiger partial charge in [-0.05, 0) is 54.2 Å². The van der Waals surface area contributed by atoms with Crippen molar-refractivity contribution in [2.45, 2.75) is 83.9 Å². The third-order valence-electron chi connectivity index (χ3n) is 6.40. The van der Waals surface area contributed by atoms with Crippen LogP contribution in [0.3, 0.4) is 0 Å². The first-order chi connectivity index (χ1) is 17.5. The van der Waals surface area contributed by atoms with Crippen LogP contribution in [0.25, 0.3) is 22.5 Å². The maximum Gasteiger partial charge on any atom is 0.329 e. The van der Waals surface area contributed by atoms with E-state index in [-0.39, 0.29) is 5.92 Å². The van der Waals surface area contributed by atoms with Crippen molar-refractivity contribution < 1.29 is 9.53 Å². The number of rotatable bonds is 14. The third-order valence-corrected chi connectivity index (χ3v) is 7.08. The van der Waals surface area contributed by atoms with E-state index in [0.717, 1.165) is 23.1 Å². The molecule has 0 unspecified atom stereocenters. The largest absolute Gasteiger partial charge is 0.425 e. The lowest BCUT2D eigenvalue weighted by Gasteiger charge is -2.12. The number of alkyl halides is 1. The number of ether oxygens (including phenoxy) is 1. The van der Waals surface area contributed by atoms with Crippen LogP contribution in [0, 0.1) is 5.92 Å². The van der Waals surface area contributed by atoms with Gasteiger partial charge in [0.15, 0.2) is 5.82 Å². The van der Waals surface area contributed by atoms with Crippen molar-refractivity contribution in [2.24, 2.45) is 5.92 Å². The Morgan fingerprint density at radius 3 is 1.92 bits per heavy atom. The molecule has 3 aromatic rings. The van der Waals surface area contributed by atoms with Gasteiger partial charge in [-0.3, -0.25) is 4.79 Å². The summed E-state index contributed by atoms with van der Waals surface area (Å²) in [5.41, 5.74) is 4.35. The summed E-state index contributed by atoms with van der Waals surface area (Å²) in [5.74, 6) is 0.652. The van der Waals surface area contributed by atoms with E-state index >= 15 is 0 Å². The van der Waals surface area contributed by atoms with E-state index in [1.807, 2.05) is 38.4 Å². The number of carbonyl (C=O) groups excluding carboxylic acids is 1. The summed E-state index contributed by atoms with van der Waals surface area (Å²) in [6.07, 6.45) is 15.6. The van der Waals surface area contributed by atoms with Gasteiger partial charge in [0.2, 0.25) is 0 Å². The Hall–Kier alpha value is -2.72. The van der Waals surface area contributed by atoms with E-state index in [9.17, 15) is 4.79 Å². The van der Waals surface area contributed by atoms with E-state index in [4.69, 9.17) is 16.3 Å². The zero-order valence-electron chi connectivity index (χ0n) is 21.9. The quantitative estimate of drug-likeness (QED) is 0.0949. The first-order valence-corrected chi connectivity index (χ1v) is 13.8. The minimum absolute atomic E-state index is 0.0106. The molecule has 1 aromatic heterocycles. The summed E-state index contributed by atoms with van der Waals surface area (Å²) in [5, 5.41) is -0.667. The average Bonchev–Trinajstić information content (AvgIpc) is 2.90. The second kappa shape index (κ2) is 14.7. The fourth-order valence-corrected chi connectivity index (χ4v) is 4.11. The predicted octanol–water partition coefficient (Wildman–Crippen LogP) is 8.66. The third kappa shape index (κ3) is 8.74. The van der Waals surface area contributed by atoms with Gasteiger partial charge >= 0.3 is 5.97 Å². The van der Waals surface area contributed by atoms with E-state index in [0.29, 0.717) is 11.6 Å². The van der Waals surface area contributed by atoms with Gasteiger partial charge in [-0.1, -0.05) is 90.0 Å². The molecule has 2 aromatic carbocycles. The first-order valence-electron chi connectivity index (χ1n) is 13.4. The molecule has 0 N–H and O–H groups in total. The van der Waals surface area contributed by atoms with E-state index in [2.05, 4.69) is 41.2 Å². The molecule has 0 amide bonds. The second-order valence-electron chi connectivity index (χ2n) is 9.81. The molecular weight excluding hydrogens is 468 g/mol. The lowest BCUT2D eigenvalue weighted by atomic mass is 10.0. The zero-order chi connectivity index (χ0) is 25.8. The Kier molecular flexibility index (Phi) is 11.4. The summed E-state index contributed by atoms with van der Waals surface area (Å²) in [6, 6.07) is 15.9. The van der Waals surface area contributed by atoms with Gasteiger partial charge in [0, 0.05) is 23.5 Å². The minimum atomic E-state index is -0.667. The van der Waals surface area contributed by atoms with Crippen molar-refractivity contribution in [3.05, 3.63) is 66.5 Å². The molecule has 192 valence electrons. The van der Waals surface area contributed by atoms with Crippen LogP contribution >= 0.6 is 11.6 Å². The summed E-state index contributed by atoms with van der Waals surface area (Å²) in [6.45, 7) is 6.03. The van der Waals surface area contributed by atoms with Gasteiger partial charge in [0.05, 0.1) is 0 Å². The van der Waals surface area contributed by atoms with E-state index in [1.165, 1.54) is 56.9 Å². The summed E-state index contributed by atoms with van der Waals surface area (Å²) in [7, 11) is 0.